The molecule has 2 aromatic carbocycles. The predicted molar refractivity (Wildman–Crippen MR) is 182 cm³/mol. The Morgan fingerprint density at radius 1 is 1.00 bits per heavy atom. The summed E-state index contributed by atoms with van der Waals surface area (Å²) in [5.74, 6) is -2.32. The average Bonchev–Trinajstić information content (AvgIpc) is 3.46. The third-order valence-electron chi connectivity index (χ3n) is 9.83. The molecule has 260 valence electrons. The third-order valence-corrected chi connectivity index (χ3v) is 10.6. The van der Waals surface area contributed by atoms with Crippen LogP contribution >= 0.6 is 23.2 Å². The van der Waals surface area contributed by atoms with Crippen molar-refractivity contribution in [1.82, 2.24) is 29.1 Å². The molecule has 1 atom stereocenters. The van der Waals surface area contributed by atoms with Crippen LogP contribution < -0.4 is 21.3 Å². The minimum atomic E-state index is -1.02. The van der Waals surface area contributed by atoms with Gasteiger partial charge in [0.1, 0.15) is 11.6 Å². The molecule has 3 aliphatic rings. The van der Waals surface area contributed by atoms with Crippen LogP contribution in [0.4, 0.5) is 14.5 Å². The Morgan fingerprint density at radius 3 is 2.32 bits per heavy atom. The van der Waals surface area contributed by atoms with Crippen LogP contribution in [-0.2, 0) is 25.3 Å². The third kappa shape index (κ3) is 5.37. The molecule has 1 aliphatic carbocycles. The monoisotopic (exact) mass is 725 g/mol. The van der Waals surface area contributed by atoms with Gasteiger partial charge in [-0.05, 0) is 48.7 Å². The van der Waals surface area contributed by atoms with Gasteiger partial charge < -0.3 is 15.0 Å². The number of carbonyl (C=O) groups is 2. The number of ether oxygens (including phenoxy) is 1. The summed E-state index contributed by atoms with van der Waals surface area (Å²) < 4.78 is 38.4. The Kier molecular flexibility index (Phi) is 8.31. The van der Waals surface area contributed by atoms with Crippen LogP contribution in [0.15, 0.2) is 39.9 Å². The van der Waals surface area contributed by atoms with Gasteiger partial charge >= 0.3 is 5.69 Å². The first-order valence-electron chi connectivity index (χ1n) is 15.7. The van der Waals surface area contributed by atoms with E-state index in [0.29, 0.717) is 21.7 Å². The van der Waals surface area contributed by atoms with Gasteiger partial charge in [-0.1, -0.05) is 23.2 Å². The maximum atomic E-state index is 15.6. The fourth-order valence-electron chi connectivity index (χ4n) is 7.34. The number of fused-ring (bicyclic) bond motifs is 1. The molecule has 0 bridgehead atoms. The zero-order valence-electron chi connectivity index (χ0n) is 27.4. The number of aromatic nitrogens is 4. The fraction of sp³-hybridized carbons (Fsp3) is 0.353. The number of hydrogen-bond donors (Lipinski definition) is 1. The molecule has 1 spiro atoms. The first kappa shape index (κ1) is 33.8. The van der Waals surface area contributed by atoms with Crippen LogP contribution in [0.5, 0.6) is 5.88 Å². The second kappa shape index (κ2) is 12.3. The molecule has 2 aliphatic heterocycles. The highest BCUT2D eigenvalue weighted by atomic mass is 35.5. The Labute approximate surface area is 294 Å². The molecule has 4 aromatic rings. The molecule has 1 N–H and O–H groups in total. The molecule has 0 radical (unpaired) electrons. The van der Waals surface area contributed by atoms with Crippen molar-refractivity contribution < 1.29 is 23.1 Å². The minimum Gasteiger partial charge on any atom is -0.481 e. The van der Waals surface area contributed by atoms with Gasteiger partial charge in [0.05, 0.1) is 28.5 Å². The normalized spacial score (nSPS) is 17.7. The SMILES string of the molecule is COc1nc(-c2ccc(F)c(-c3c(F)ccc(NC(=O)c4nn(C)c(=O)n(C)c4=O)c3Cl)c2Cl)cc2c1[C@@H](N1CC3(CN(C(C)=O)C3)C1)CC2. The standard InChI is InChI=1S/C34H31Cl2F2N7O5/c1-16(46)44-12-34(13-44)14-45(15-34)23-10-5-17-11-22(40-31(50-4)24(17)23)18-6-7-19(37)25(27(18)35)26-20(38)8-9-21(28(26)36)39-30(47)29-32(48)42(2)33(49)43(3)41-29/h6-9,11,23H,5,10,12-15H2,1-4H3,(H,39,47)/t23-/m0/s1. The number of methoxy groups -OCH3 is 1. The summed E-state index contributed by atoms with van der Waals surface area (Å²) in [6.07, 6.45) is 1.60. The van der Waals surface area contributed by atoms with Crippen LogP contribution in [0, 0.1) is 17.0 Å². The first-order chi connectivity index (χ1) is 23.7. The quantitative estimate of drug-likeness (QED) is 0.313. The highest BCUT2D eigenvalue weighted by Gasteiger charge is 2.55. The zero-order valence-corrected chi connectivity index (χ0v) is 29.0. The number of likely N-dealkylation sites (tertiary alicyclic amines) is 2. The number of nitrogens with one attached hydrogen (secondary N) is 1. The number of amides is 2. The van der Waals surface area contributed by atoms with Gasteiger partial charge in [0.25, 0.3) is 11.5 Å². The molecule has 2 amide bonds. The smallest absolute Gasteiger partial charge is 0.346 e. The summed E-state index contributed by atoms with van der Waals surface area (Å²) in [5, 5.41) is 5.59. The maximum Gasteiger partial charge on any atom is 0.346 e. The van der Waals surface area contributed by atoms with Gasteiger partial charge in [0, 0.05) is 80.9 Å². The lowest BCUT2D eigenvalue weighted by Crippen LogP contribution is -2.72. The van der Waals surface area contributed by atoms with Gasteiger partial charge in [-0.25, -0.2) is 23.2 Å². The lowest BCUT2D eigenvalue weighted by Gasteiger charge is -2.61. The zero-order chi connectivity index (χ0) is 35.8. The molecule has 16 heteroatoms. The molecule has 2 fully saturated rings. The number of halogens is 4. The van der Waals surface area contributed by atoms with Crippen LogP contribution in [0.1, 0.15) is 41.0 Å². The Bertz CT molecular complexity index is 2240. The topological polar surface area (TPSA) is 132 Å². The van der Waals surface area contributed by atoms with Crippen LogP contribution in [0.2, 0.25) is 10.0 Å². The van der Waals surface area contributed by atoms with E-state index in [-0.39, 0.29) is 38.7 Å². The van der Waals surface area contributed by atoms with Gasteiger partial charge in [0.2, 0.25) is 17.5 Å². The summed E-state index contributed by atoms with van der Waals surface area (Å²) in [6, 6.07) is 6.67. The maximum absolute atomic E-state index is 15.6. The summed E-state index contributed by atoms with van der Waals surface area (Å²) in [6.45, 7) is 4.88. The number of anilines is 1. The Hall–Kier alpha value is -4.66. The van der Waals surface area contributed by atoms with Crippen molar-refractivity contribution in [3.63, 3.8) is 0 Å². The van der Waals surface area contributed by atoms with E-state index in [1.54, 1.807) is 6.92 Å². The lowest BCUT2D eigenvalue weighted by molar-refractivity contribution is -0.161. The van der Waals surface area contributed by atoms with Crippen molar-refractivity contribution in [1.29, 1.82) is 0 Å². The Balaban J connectivity index is 1.21. The molecule has 0 unspecified atom stereocenters. The average molecular weight is 727 g/mol. The number of benzene rings is 2. The van der Waals surface area contributed by atoms with Crippen molar-refractivity contribution in [2.75, 3.05) is 38.6 Å². The van der Waals surface area contributed by atoms with Crippen LogP contribution in [-0.4, -0.2) is 74.2 Å². The number of carbonyl (C=O) groups excluding carboxylic acids is 2. The second-order valence-electron chi connectivity index (χ2n) is 13.1. The first-order valence-corrected chi connectivity index (χ1v) is 16.5. The van der Waals surface area contributed by atoms with E-state index in [2.05, 4.69) is 15.3 Å². The van der Waals surface area contributed by atoms with Gasteiger partial charge in [0.15, 0.2) is 0 Å². The van der Waals surface area contributed by atoms with Crippen molar-refractivity contribution in [2.24, 2.45) is 19.5 Å². The van der Waals surface area contributed by atoms with E-state index in [1.165, 1.54) is 27.3 Å². The molecular formula is C34H31Cl2F2N7O5. The number of pyridine rings is 1. The van der Waals surface area contributed by atoms with E-state index in [0.717, 1.165) is 73.0 Å². The predicted octanol–water partition coefficient (Wildman–Crippen LogP) is 4.21. The van der Waals surface area contributed by atoms with E-state index in [4.69, 9.17) is 32.9 Å². The molecule has 50 heavy (non-hydrogen) atoms. The highest BCUT2D eigenvalue weighted by molar-refractivity contribution is 6.39. The van der Waals surface area contributed by atoms with E-state index in [1.807, 2.05) is 11.0 Å². The van der Waals surface area contributed by atoms with E-state index < -0.39 is 40.0 Å². The minimum absolute atomic E-state index is 0.0922. The summed E-state index contributed by atoms with van der Waals surface area (Å²) >= 11 is 13.4. The van der Waals surface area contributed by atoms with Crippen molar-refractivity contribution in [3.8, 4) is 28.3 Å². The summed E-state index contributed by atoms with van der Waals surface area (Å²) in [7, 11) is 3.99. The molecule has 2 aromatic heterocycles. The molecule has 2 saturated heterocycles. The summed E-state index contributed by atoms with van der Waals surface area (Å²) in [4.78, 5) is 58.3. The number of hydrogen-bond acceptors (Lipinski definition) is 8. The van der Waals surface area contributed by atoms with Gasteiger partial charge in [-0.2, -0.15) is 5.10 Å². The lowest BCUT2D eigenvalue weighted by atomic mass is 9.72. The highest BCUT2D eigenvalue weighted by Crippen LogP contribution is 2.50. The largest absolute Gasteiger partial charge is 0.481 e. The molecule has 7 rings (SSSR count). The van der Waals surface area contributed by atoms with Crippen molar-refractivity contribution in [2.45, 2.75) is 25.8 Å². The molecular weight excluding hydrogens is 695 g/mol. The summed E-state index contributed by atoms with van der Waals surface area (Å²) in [5.41, 5.74) is -0.427. The fourth-order valence-corrected chi connectivity index (χ4v) is 7.98. The van der Waals surface area contributed by atoms with Crippen LogP contribution in [0.3, 0.4) is 0 Å². The second-order valence-corrected chi connectivity index (χ2v) is 13.8. The molecule has 0 saturated carbocycles. The number of nitrogens with zero attached hydrogens (tertiary/aromatic N) is 6. The molecule has 12 nitrogen and oxygen atoms in total. The van der Waals surface area contributed by atoms with Crippen molar-refractivity contribution in [3.05, 3.63) is 89.7 Å². The van der Waals surface area contributed by atoms with E-state index in [9.17, 15) is 19.2 Å². The molecule has 4 heterocycles. The number of rotatable bonds is 6. The Morgan fingerprint density at radius 2 is 1.66 bits per heavy atom. The van der Waals surface area contributed by atoms with Crippen molar-refractivity contribution >= 4 is 40.7 Å². The van der Waals surface area contributed by atoms with E-state index >= 15 is 8.78 Å². The van der Waals surface area contributed by atoms with Crippen LogP contribution in [0.25, 0.3) is 22.4 Å². The number of aryl methyl sites for hydroxylation is 2. The van der Waals surface area contributed by atoms with Gasteiger partial charge in [-0.3, -0.25) is 23.9 Å². The van der Waals surface area contributed by atoms with Gasteiger partial charge in [-0.15, -0.1) is 0 Å².